The van der Waals surface area contributed by atoms with E-state index in [9.17, 15) is 0 Å². The van der Waals surface area contributed by atoms with Gasteiger partial charge in [-0.25, -0.2) is 0 Å². The molecule has 1 unspecified atom stereocenters. The van der Waals surface area contributed by atoms with Gasteiger partial charge in [-0.3, -0.25) is 0 Å². The maximum atomic E-state index is 7.17. The fraction of sp³-hybridized carbons (Fsp3) is 0.455. The third kappa shape index (κ3) is 6.40. The predicted octanol–water partition coefficient (Wildman–Crippen LogP) is 6.74. The summed E-state index contributed by atoms with van der Waals surface area (Å²) in [4.78, 5) is 0. The summed E-state index contributed by atoms with van der Waals surface area (Å²) in [6, 6.07) is 29.7. The summed E-state index contributed by atoms with van der Waals surface area (Å²) in [5, 5.41) is 2.64. The molecule has 0 aliphatic carbocycles. The van der Waals surface area contributed by atoms with Crippen LogP contribution in [0.4, 0.5) is 0 Å². The molecule has 1 aliphatic heterocycles. The Bertz CT molecular complexity index is 1070. The van der Waals surface area contributed by atoms with Crippen LogP contribution in [0.25, 0.3) is 0 Å². The molecule has 0 N–H and O–H groups in total. The zero-order valence-corrected chi connectivity index (χ0v) is 24.9. The minimum Gasteiger partial charge on any atom is -0.497 e. The Morgan fingerprint density at radius 1 is 0.895 bits per heavy atom. The first kappa shape index (κ1) is 28.6. The van der Waals surface area contributed by atoms with E-state index in [2.05, 4.69) is 95.3 Å². The van der Waals surface area contributed by atoms with Crippen molar-refractivity contribution in [2.24, 2.45) is 11.8 Å². The summed E-state index contributed by atoms with van der Waals surface area (Å²) in [5.41, 5.74) is 1.03. The zero-order valence-electron chi connectivity index (χ0n) is 23.9. The van der Waals surface area contributed by atoms with Crippen molar-refractivity contribution in [2.45, 2.75) is 64.9 Å². The highest BCUT2D eigenvalue weighted by Gasteiger charge is 2.50. The highest BCUT2D eigenvalue weighted by Crippen LogP contribution is 2.37. The van der Waals surface area contributed by atoms with Crippen molar-refractivity contribution in [3.05, 3.63) is 90.5 Å². The van der Waals surface area contributed by atoms with Crippen molar-refractivity contribution >= 4 is 18.7 Å². The van der Waals surface area contributed by atoms with Gasteiger partial charge in [0.25, 0.3) is 8.32 Å². The molecule has 3 aromatic rings. The molecule has 1 fully saturated rings. The molecule has 38 heavy (non-hydrogen) atoms. The van der Waals surface area contributed by atoms with Crippen LogP contribution in [0.3, 0.4) is 0 Å². The first-order chi connectivity index (χ1) is 18.2. The molecule has 4 nitrogen and oxygen atoms in total. The summed E-state index contributed by atoms with van der Waals surface area (Å²) in [6.45, 7) is 13.0. The van der Waals surface area contributed by atoms with Crippen LogP contribution in [0.1, 0.15) is 59.3 Å². The van der Waals surface area contributed by atoms with E-state index >= 15 is 0 Å². The lowest BCUT2D eigenvalue weighted by atomic mass is 9.95. The van der Waals surface area contributed by atoms with E-state index in [0.717, 1.165) is 30.8 Å². The van der Waals surface area contributed by atoms with Gasteiger partial charge in [0, 0.05) is 18.1 Å². The number of methoxy groups -OCH3 is 1. The van der Waals surface area contributed by atoms with Gasteiger partial charge in [-0.15, -0.1) is 0 Å². The lowest BCUT2D eigenvalue weighted by molar-refractivity contribution is -0.240. The molecule has 0 saturated carbocycles. The predicted molar refractivity (Wildman–Crippen MR) is 158 cm³/mol. The molecule has 0 spiro atoms. The summed E-state index contributed by atoms with van der Waals surface area (Å²) in [5.74, 6) is 1.60. The fourth-order valence-electron chi connectivity index (χ4n) is 5.53. The van der Waals surface area contributed by atoms with Crippen molar-refractivity contribution in [3.8, 4) is 5.75 Å². The number of rotatable bonds is 10. The summed E-state index contributed by atoms with van der Waals surface area (Å²) in [7, 11) is -0.839. The molecule has 3 aromatic carbocycles. The number of ether oxygens (including phenoxy) is 3. The monoisotopic (exact) mass is 532 g/mol. The van der Waals surface area contributed by atoms with Gasteiger partial charge < -0.3 is 18.6 Å². The molecule has 4 rings (SSSR count). The van der Waals surface area contributed by atoms with Crippen molar-refractivity contribution in [3.63, 3.8) is 0 Å². The Hall–Kier alpha value is -2.44. The molecule has 204 valence electrons. The van der Waals surface area contributed by atoms with E-state index in [1.807, 2.05) is 24.3 Å². The van der Waals surface area contributed by atoms with Gasteiger partial charge in [-0.1, -0.05) is 107 Å². The fourth-order valence-corrected chi connectivity index (χ4v) is 10.2. The molecule has 1 saturated heterocycles. The van der Waals surface area contributed by atoms with Gasteiger partial charge in [0.2, 0.25) is 0 Å². The molecule has 5 heteroatoms. The smallest absolute Gasteiger partial charge is 0.261 e. The minimum atomic E-state index is -2.52. The third-order valence-electron chi connectivity index (χ3n) is 7.78. The Balaban J connectivity index is 1.44. The molecular formula is C33H44O4Si. The van der Waals surface area contributed by atoms with Gasteiger partial charge in [-0.05, 0) is 46.3 Å². The summed E-state index contributed by atoms with van der Waals surface area (Å²) >= 11 is 0. The van der Waals surface area contributed by atoms with E-state index in [-0.39, 0.29) is 17.4 Å². The standard InChI is InChI=1S/C33H44O4Si/c1-25(17-22-31-26(2)24-35-32(37-31)27-18-20-28(34-6)21-19-27)23-36-38(33(3,4)5,29-13-9-7-10-14-29)30-15-11-8-12-16-30/h7-16,18-21,25-26,31-32H,17,22-24H2,1-6H3/t25-,26+,31+,32?/m1/s1. The van der Waals surface area contributed by atoms with E-state index in [1.165, 1.54) is 10.4 Å². The molecule has 4 atom stereocenters. The molecular weight excluding hydrogens is 488 g/mol. The molecule has 1 heterocycles. The van der Waals surface area contributed by atoms with Crippen molar-refractivity contribution in [1.29, 1.82) is 0 Å². The van der Waals surface area contributed by atoms with E-state index in [0.29, 0.717) is 18.4 Å². The summed E-state index contributed by atoms with van der Waals surface area (Å²) < 4.78 is 24.9. The van der Waals surface area contributed by atoms with Gasteiger partial charge in [-0.2, -0.15) is 0 Å². The van der Waals surface area contributed by atoms with Crippen molar-refractivity contribution in [2.75, 3.05) is 20.3 Å². The van der Waals surface area contributed by atoms with Crippen molar-refractivity contribution in [1.82, 2.24) is 0 Å². The van der Waals surface area contributed by atoms with E-state index in [4.69, 9.17) is 18.6 Å². The van der Waals surface area contributed by atoms with E-state index < -0.39 is 8.32 Å². The summed E-state index contributed by atoms with van der Waals surface area (Å²) in [6.07, 6.45) is 1.86. The molecule has 0 aromatic heterocycles. The van der Waals surface area contributed by atoms with Crippen LogP contribution in [-0.4, -0.2) is 34.7 Å². The van der Waals surface area contributed by atoms with Crippen molar-refractivity contribution < 1.29 is 18.6 Å². The molecule has 0 bridgehead atoms. The van der Waals surface area contributed by atoms with Crippen LogP contribution in [0.15, 0.2) is 84.9 Å². The van der Waals surface area contributed by atoms with Gasteiger partial charge in [0.05, 0.1) is 19.8 Å². The second-order valence-corrected chi connectivity index (χ2v) is 16.1. The first-order valence-electron chi connectivity index (χ1n) is 13.9. The Morgan fingerprint density at radius 2 is 1.47 bits per heavy atom. The Kier molecular flexibility index (Phi) is 9.48. The SMILES string of the molecule is COc1ccc(C2OC[C@H](C)[C@H](CC[C@@H](C)CO[Si](c3ccccc3)(c3ccccc3)C(C)(C)C)O2)cc1. The molecule has 1 aliphatic rings. The average molecular weight is 533 g/mol. The lowest BCUT2D eigenvalue weighted by Gasteiger charge is -2.43. The number of benzene rings is 3. The lowest BCUT2D eigenvalue weighted by Crippen LogP contribution is -2.66. The average Bonchev–Trinajstić information content (AvgIpc) is 2.93. The zero-order chi connectivity index (χ0) is 27.2. The Morgan fingerprint density at radius 3 is 2.00 bits per heavy atom. The van der Waals surface area contributed by atoms with Crippen LogP contribution in [0.2, 0.25) is 5.04 Å². The second kappa shape index (κ2) is 12.6. The Labute approximate surface area is 230 Å². The highest BCUT2D eigenvalue weighted by atomic mass is 28.4. The number of hydrogen-bond acceptors (Lipinski definition) is 4. The number of hydrogen-bond donors (Lipinski definition) is 0. The molecule has 0 radical (unpaired) electrons. The van der Waals surface area contributed by atoms with Gasteiger partial charge in [0.1, 0.15) is 5.75 Å². The first-order valence-corrected chi connectivity index (χ1v) is 15.8. The maximum absolute atomic E-state index is 7.17. The maximum Gasteiger partial charge on any atom is 0.261 e. The minimum absolute atomic E-state index is 0.0145. The normalized spacial score (nSPS) is 21.2. The van der Waals surface area contributed by atoms with E-state index in [1.54, 1.807) is 7.11 Å². The van der Waals surface area contributed by atoms with Gasteiger partial charge >= 0.3 is 0 Å². The largest absolute Gasteiger partial charge is 0.497 e. The van der Waals surface area contributed by atoms with Crippen LogP contribution in [-0.2, 0) is 13.9 Å². The van der Waals surface area contributed by atoms with Gasteiger partial charge in [0.15, 0.2) is 6.29 Å². The van der Waals surface area contributed by atoms with Crippen LogP contribution in [0, 0.1) is 11.8 Å². The van der Waals surface area contributed by atoms with Crippen LogP contribution >= 0.6 is 0 Å². The van der Waals surface area contributed by atoms with Crippen LogP contribution in [0.5, 0.6) is 5.75 Å². The van der Waals surface area contributed by atoms with Crippen LogP contribution < -0.4 is 15.1 Å². The third-order valence-corrected chi connectivity index (χ3v) is 12.8. The second-order valence-electron chi connectivity index (χ2n) is 11.7. The molecule has 0 amide bonds. The topological polar surface area (TPSA) is 36.9 Å². The highest BCUT2D eigenvalue weighted by molar-refractivity contribution is 6.99. The quantitative estimate of drug-likeness (QED) is 0.271.